The van der Waals surface area contributed by atoms with Gasteiger partial charge in [0.1, 0.15) is 11.9 Å². The van der Waals surface area contributed by atoms with Crippen LogP contribution >= 0.6 is 8.60 Å². The highest BCUT2D eigenvalue weighted by Gasteiger charge is 2.17. The summed E-state index contributed by atoms with van der Waals surface area (Å²) in [6, 6.07) is 7.88. The summed E-state index contributed by atoms with van der Waals surface area (Å²) < 4.78 is 22.1. The Morgan fingerprint density at radius 1 is 0.842 bits per heavy atom. The molecule has 1 aromatic rings. The minimum Gasteiger partial charge on any atom is -0.494 e. The number of hydrogen-bond acceptors (Lipinski definition) is 6. The van der Waals surface area contributed by atoms with Gasteiger partial charge in [0.2, 0.25) is 0 Å². The molecule has 2 unspecified atom stereocenters. The topological polar surface area (TPSA) is 90.8 Å². The lowest BCUT2D eigenvalue weighted by Crippen LogP contribution is -2.79. The Morgan fingerprint density at radius 2 is 1.42 bits per heavy atom. The summed E-state index contributed by atoms with van der Waals surface area (Å²) in [7, 11) is 0.0477. The number of nitrogens with two attached hydrogens (primary N) is 1. The van der Waals surface area contributed by atoms with Gasteiger partial charge in [0, 0.05) is 13.3 Å². The van der Waals surface area contributed by atoms with Crippen molar-refractivity contribution in [3.63, 3.8) is 0 Å². The van der Waals surface area contributed by atoms with E-state index < -0.39 is 14.7 Å². The van der Waals surface area contributed by atoms with Crippen molar-refractivity contribution in [2.45, 2.75) is 116 Å². The van der Waals surface area contributed by atoms with Gasteiger partial charge in [-0.1, -0.05) is 89.7 Å². The molecule has 3 N–H and O–H groups in total. The first-order chi connectivity index (χ1) is 18.5. The average molecular weight is 557 g/mol. The van der Waals surface area contributed by atoms with Gasteiger partial charge in [-0.05, 0) is 37.0 Å². The lowest BCUT2D eigenvalue weighted by atomic mass is 10.1. The fourth-order valence-electron chi connectivity index (χ4n) is 4.26. The van der Waals surface area contributed by atoms with Crippen LogP contribution in [0.15, 0.2) is 24.3 Å². The maximum atomic E-state index is 11.5. The number of quaternary nitrogens is 1. The average Bonchev–Trinajstić information content (AvgIpc) is 2.90. The predicted molar refractivity (Wildman–Crippen MR) is 155 cm³/mol. The summed E-state index contributed by atoms with van der Waals surface area (Å²) in [6.07, 6.45) is 17.9. The molecule has 0 saturated heterocycles. The number of unbranched alkanes of at least 4 members (excludes halogenated alkanes) is 12. The van der Waals surface area contributed by atoms with Crippen LogP contribution < -0.4 is 10.1 Å². The fraction of sp³-hybridized carbons (Fsp3) is 0.767. The van der Waals surface area contributed by atoms with E-state index in [0.717, 1.165) is 43.7 Å². The van der Waals surface area contributed by atoms with E-state index in [4.69, 9.17) is 18.5 Å². The monoisotopic (exact) mass is 556 g/mol. The van der Waals surface area contributed by atoms with Crippen LogP contribution in [-0.2, 0) is 25.0 Å². The third kappa shape index (κ3) is 20.7. The summed E-state index contributed by atoms with van der Waals surface area (Å²) in [5.74, 6) is 0.477. The third-order valence-corrected chi connectivity index (χ3v) is 7.22. The third-order valence-electron chi connectivity index (χ3n) is 6.45. The standard InChI is InChI=1S/C30H54NO6P/c1-4-5-6-7-8-9-10-11-12-13-14-16-23-34-29-20-18-28(19-21-29)25-30(37-27(2)32)26-36-38(33)35-24-17-15-22-31-3/h18-21,30-31,33H,4-17,22-26H2,1-3H3/p+1. The maximum absolute atomic E-state index is 11.5. The highest BCUT2D eigenvalue weighted by Crippen LogP contribution is 2.33. The zero-order valence-electron chi connectivity index (χ0n) is 24.3. The van der Waals surface area contributed by atoms with Crippen molar-refractivity contribution in [2.24, 2.45) is 0 Å². The molecule has 38 heavy (non-hydrogen) atoms. The molecule has 0 bridgehead atoms. The first-order valence-electron chi connectivity index (χ1n) is 15.0. The molecule has 220 valence electrons. The van der Waals surface area contributed by atoms with Gasteiger partial charge in [-0.25, -0.2) is 0 Å². The van der Waals surface area contributed by atoms with Crippen molar-refractivity contribution in [3.8, 4) is 5.75 Å². The van der Waals surface area contributed by atoms with E-state index in [0.29, 0.717) is 13.0 Å². The van der Waals surface area contributed by atoms with Crippen molar-refractivity contribution >= 4 is 14.6 Å². The van der Waals surface area contributed by atoms with Gasteiger partial charge < -0.3 is 28.7 Å². The second-order valence-electron chi connectivity index (χ2n) is 10.1. The summed E-state index contributed by atoms with van der Waals surface area (Å²) in [4.78, 5) is 21.5. The molecular weight excluding hydrogens is 501 g/mol. The number of carbonyl (C=O) groups is 1. The van der Waals surface area contributed by atoms with Gasteiger partial charge in [0.25, 0.3) is 0 Å². The van der Waals surface area contributed by atoms with E-state index in [1.54, 1.807) is 0 Å². The van der Waals surface area contributed by atoms with Crippen molar-refractivity contribution < 1.29 is 33.5 Å². The largest absolute Gasteiger partial charge is 0.494 e. The highest BCUT2D eigenvalue weighted by atomic mass is 31.2. The van der Waals surface area contributed by atoms with E-state index in [1.807, 2.05) is 31.3 Å². The number of carbonyl (C=O) groups excluding carboxylic acids is 1. The number of hydrogen-bond donors (Lipinski definition) is 2. The van der Waals surface area contributed by atoms with Crippen LogP contribution in [0.2, 0.25) is 0 Å². The zero-order chi connectivity index (χ0) is 27.7. The Hall–Kier alpha value is -1.24. The lowest BCUT2D eigenvalue weighted by molar-refractivity contribution is -0.627. The SMILES string of the molecule is CCCCCCCCCCCCCCOc1ccc(CC(COP(O)OCCCC[NH2+]C)OC(C)=O)cc1. The molecule has 1 rings (SSSR count). The first kappa shape index (κ1) is 34.8. The Bertz CT molecular complexity index is 675. The summed E-state index contributed by atoms with van der Waals surface area (Å²) in [6.45, 7) is 5.95. The number of benzene rings is 1. The molecule has 0 amide bonds. The summed E-state index contributed by atoms with van der Waals surface area (Å²) >= 11 is 0. The molecule has 0 fully saturated rings. The Morgan fingerprint density at radius 3 is 2.00 bits per heavy atom. The normalized spacial score (nSPS) is 12.8. The summed E-state index contributed by atoms with van der Waals surface area (Å²) in [5.41, 5.74) is 1.01. The quantitative estimate of drug-likeness (QED) is 0.0773. The molecule has 0 spiro atoms. The second-order valence-corrected chi connectivity index (χ2v) is 11.1. The van der Waals surface area contributed by atoms with Crippen LogP contribution in [-0.4, -0.2) is 50.4 Å². The van der Waals surface area contributed by atoms with Gasteiger partial charge >= 0.3 is 14.6 Å². The van der Waals surface area contributed by atoms with Crippen LogP contribution in [0.1, 0.15) is 109 Å². The van der Waals surface area contributed by atoms with E-state index in [1.165, 1.54) is 77.6 Å². The van der Waals surface area contributed by atoms with E-state index in [2.05, 4.69) is 12.2 Å². The molecule has 0 aliphatic heterocycles. The van der Waals surface area contributed by atoms with Crippen molar-refractivity contribution in [3.05, 3.63) is 29.8 Å². The molecule has 0 heterocycles. The van der Waals surface area contributed by atoms with Gasteiger partial charge in [0.05, 0.1) is 33.4 Å². The Balaban J connectivity index is 2.18. The Labute approximate surface area is 233 Å². The summed E-state index contributed by atoms with van der Waals surface area (Å²) in [5, 5.41) is 2.11. The lowest BCUT2D eigenvalue weighted by Gasteiger charge is -2.19. The molecule has 2 atom stereocenters. The predicted octanol–water partition coefficient (Wildman–Crippen LogP) is 6.47. The zero-order valence-corrected chi connectivity index (χ0v) is 25.2. The van der Waals surface area contributed by atoms with Crippen molar-refractivity contribution in [2.75, 3.05) is 33.4 Å². The first-order valence-corrected chi connectivity index (χ1v) is 16.1. The van der Waals surface area contributed by atoms with Crippen molar-refractivity contribution in [1.29, 1.82) is 0 Å². The molecule has 1 aromatic carbocycles. The molecule has 0 aliphatic rings. The Kier molecular flexibility index (Phi) is 22.7. The number of esters is 1. The minimum absolute atomic E-state index is 0.0851. The van der Waals surface area contributed by atoms with Crippen LogP contribution in [0.5, 0.6) is 5.75 Å². The minimum atomic E-state index is -1.98. The molecule has 0 aliphatic carbocycles. The van der Waals surface area contributed by atoms with Crippen LogP contribution in [0, 0.1) is 0 Å². The molecule has 8 heteroatoms. The molecular formula is C30H55NO6P+. The number of rotatable bonds is 26. The molecule has 0 aromatic heterocycles. The van der Waals surface area contributed by atoms with Crippen LogP contribution in [0.4, 0.5) is 0 Å². The van der Waals surface area contributed by atoms with E-state index >= 15 is 0 Å². The number of ether oxygens (including phenoxy) is 2. The van der Waals surface area contributed by atoms with E-state index in [-0.39, 0.29) is 12.6 Å². The van der Waals surface area contributed by atoms with Crippen LogP contribution in [0.25, 0.3) is 0 Å². The van der Waals surface area contributed by atoms with Gasteiger partial charge in [-0.15, -0.1) is 0 Å². The van der Waals surface area contributed by atoms with Crippen LogP contribution in [0.3, 0.4) is 0 Å². The van der Waals surface area contributed by atoms with Crippen molar-refractivity contribution in [1.82, 2.24) is 0 Å². The smallest absolute Gasteiger partial charge is 0.329 e. The highest BCUT2D eigenvalue weighted by molar-refractivity contribution is 7.40. The fourth-order valence-corrected chi connectivity index (χ4v) is 4.92. The van der Waals surface area contributed by atoms with Gasteiger partial charge in [-0.2, -0.15) is 0 Å². The van der Waals surface area contributed by atoms with Gasteiger partial charge in [0.15, 0.2) is 0 Å². The van der Waals surface area contributed by atoms with E-state index in [9.17, 15) is 9.69 Å². The second kappa shape index (κ2) is 24.8. The maximum Gasteiger partial charge on any atom is 0.329 e. The van der Waals surface area contributed by atoms with Gasteiger partial charge in [-0.3, -0.25) is 4.79 Å². The molecule has 0 saturated carbocycles. The molecule has 7 nitrogen and oxygen atoms in total. The molecule has 0 radical (unpaired) electrons.